The second kappa shape index (κ2) is 4.84. The van der Waals surface area contributed by atoms with Crippen LogP contribution in [0.3, 0.4) is 0 Å². The van der Waals surface area contributed by atoms with Crippen LogP contribution in [0.25, 0.3) is 0 Å². The summed E-state index contributed by atoms with van der Waals surface area (Å²) in [6.07, 6.45) is 6.78. The molecule has 1 aliphatic carbocycles. The largest absolute Gasteiger partial charge is 0.375 e. The quantitative estimate of drug-likeness (QED) is 0.812. The Labute approximate surface area is 103 Å². The van der Waals surface area contributed by atoms with Crippen molar-refractivity contribution < 1.29 is 14.2 Å². The summed E-state index contributed by atoms with van der Waals surface area (Å²) < 4.78 is 16.9. The Morgan fingerprint density at radius 1 is 1.18 bits per heavy atom. The smallest absolute Gasteiger partial charge is 0.159 e. The molecule has 2 heterocycles. The maximum Gasteiger partial charge on any atom is 0.159 e. The van der Waals surface area contributed by atoms with Gasteiger partial charge in [0.25, 0.3) is 0 Å². The fourth-order valence-corrected chi connectivity index (χ4v) is 3.31. The van der Waals surface area contributed by atoms with Gasteiger partial charge in [0.1, 0.15) is 0 Å². The zero-order chi connectivity index (χ0) is 11.7. The van der Waals surface area contributed by atoms with E-state index in [4.69, 9.17) is 19.9 Å². The molecule has 4 nitrogen and oxygen atoms in total. The summed E-state index contributed by atoms with van der Waals surface area (Å²) in [6, 6.07) is 0.194. The van der Waals surface area contributed by atoms with Crippen molar-refractivity contribution in [2.24, 2.45) is 11.7 Å². The van der Waals surface area contributed by atoms with Crippen molar-refractivity contribution in [2.75, 3.05) is 19.8 Å². The highest BCUT2D eigenvalue weighted by atomic mass is 16.7. The Kier molecular flexibility index (Phi) is 3.39. The highest BCUT2D eigenvalue weighted by Crippen LogP contribution is 2.45. The van der Waals surface area contributed by atoms with Crippen molar-refractivity contribution in [2.45, 2.75) is 56.5 Å². The number of rotatable bonds is 3. The lowest BCUT2D eigenvalue weighted by atomic mass is 9.70. The van der Waals surface area contributed by atoms with Gasteiger partial charge in [0.2, 0.25) is 0 Å². The fraction of sp³-hybridized carbons (Fsp3) is 1.00. The first-order valence-corrected chi connectivity index (χ1v) is 6.90. The molecular weight excluding hydrogens is 218 g/mol. The Balaban J connectivity index is 1.52. The van der Waals surface area contributed by atoms with Gasteiger partial charge >= 0.3 is 0 Å². The van der Waals surface area contributed by atoms with Crippen LogP contribution in [0.4, 0.5) is 0 Å². The summed E-state index contributed by atoms with van der Waals surface area (Å²) in [7, 11) is 0. The first kappa shape index (κ1) is 11.9. The molecule has 2 aliphatic heterocycles. The van der Waals surface area contributed by atoms with Crippen LogP contribution in [-0.4, -0.2) is 37.8 Å². The number of ether oxygens (including phenoxy) is 3. The minimum Gasteiger partial charge on any atom is -0.375 e. The Morgan fingerprint density at radius 3 is 2.59 bits per heavy atom. The molecule has 2 atom stereocenters. The molecular formula is C13H23NO3. The molecule has 0 aromatic rings. The van der Waals surface area contributed by atoms with E-state index in [9.17, 15) is 0 Å². The summed E-state index contributed by atoms with van der Waals surface area (Å²) in [4.78, 5) is 0. The van der Waals surface area contributed by atoms with Gasteiger partial charge in [-0.3, -0.25) is 0 Å². The topological polar surface area (TPSA) is 53.7 Å². The van der Waals surface area contributed by atoms with Gasteiger partial charge in [-0.05, 0) is 38.0 Å². The monoisotopic (exact) mass is 241 g/mol. The molecule has 3 fully saturated rings. The molecule has 3 rings (SSSR count). The maximum absolute atomic E-state index is 6.31. The summed E-state index contributed by atoms with van der Waals surface area (Å²) in [5.41, 5.74) is 6.50. The Hall–Kier alpha value is -0.160. The molecule has 2 N–H and O–H groups in total. The first-order valence-electron chi connectivity index (χ1n) is 6.90. The molecule has 98 valence electrons. The van der Waals surface area contributed by atoms with E-state index >= 15 is 0 Å². The van der Waals surface area contributed by atoms with Crippen molar-refractivity contribution in [3.05, 3.63) is 0 Å². The lowest BCUT2D eigenvalue weighted by molar-refractivity contribution is -0.149. The Morgan fingerprint density at radius 2 is 1.94 bits per heavy atom. The van der Waals surface area contributed by atoms with E-state index in [-0.39, 0.29) is 17.9 Å². The van der Waals surface area contributed by atoms with E-state index in [2.05, 4.69) is 0 Å². The van der Waals surface area contributed by atoms with Crippen LogP contribution in [0.15, 0.2) is 0 Å². The molecule has 2 saturated heterocycles. The van der Waals surface area contributed by atoms with Crippen LogP contribution < -0.4 is 5.73 Å². The molecule has 1 saturated carbocycles. The molecule has 2 unspecified atom stereocenters. The van der Waals surface area contributed by atoms with Crippen LogP contribution >= 0.6 is 0 Å². The minimum atomic E-state index is -0.0646. The van der Waals surface area contributed by atoms with Crippen LogP contribution in [0.1, 0.15) is 38.5 Å². The normalized spacial score (nSPS) is 34.8. The fourth-order valence-electron chi connectivity index (χ4n) is 3.31. The average molecular weight is 241 g/mol. The van der Waals surface area contributed by atoms with Gasteiger partial charge in [-0.15, -0.1) is 0 Å². The predicted octanol–water partition coefficient (Wildman–Crippen LogP) is 1.43. The van der Waals surface area contributed by atoms with Crippen LogP contribution in [0.2, 0.25) is 0 Å². The van der Waals surface area contributed by atoms with E-state index in [1.165, 1.54) is 19.3 Å². The van der Waals surface area contributed by atoms with E-state index in [1.807, 2.05) is 0 Å². The van der Waals surface area contributed by atoms with Crippen LogP contribution in [0.5, 0.6) is 0 Å². The van der Waals surface area contributed by atoms with Crippen LogP contribution in [0, 0.1) is 5.92 Å². The van der Waals surface area contributed by atoms with Crippen molar-refractivity contribution in [3.8, 4) is 0 Å². The summed E-state index contributed by atoms with van der Waals surface area (Å²) in [5, 5.41) is 0. The van der Waals surface area contributed by atoms with E-state index in [1.54, 1.807) is 0 Å². The second-order valence-corrected chi connectivity index (χ2v) is 5.71. The summed E-state index contributed by atoms with van der Waals surface area (Å²) >= 11 is 0. The van der Waals surface area contributed by atoms with Gasteiger partial charge in [0, 0.05) is 19.1 Å². The third-order valence-corrected chi connectivity index (χ3v) is 4.56. The third-order valence-electron chi connectivity index (χ3n) is 4.56. The van der Waals surface area contributed by atoms with Gasteiger partial charge in [-0.1, -0.05) is 0 Å². The molecule has 0 radical (unpaired) electrons. The SMILES string of the molecule is NC(CC1OCCO1)C1CCOC2(CCC2)C1. The zero-order valence-corrected chi connectivity index (χ0v) is 10.4. The van der Waals surface area contributed by atoms with Crippen LogP contribution in [-0.2, 0) is 14.2 Å². The molecule has 0 amide bonds. The number of nitrogens with two attached hydrogens (primary N) is 1. The molecule has 0 aromatic carbocycles. The molecule has 0 bridgehead atoms. The third kappa shape index (κ3) is 2.50. The van der Waals surface area contributed by atoms with Gasteiger partial charge < -0.3 is 19.9 Å². The predicted molar refractivity (Wildman–Crippen MR) is 63.5 cm³/mol. The second-order valence-electron chi connectivity index (χ2n) is 5.71. The molecule has 1 spiro atoms. The number of hydrogen-bond acceptors (Lipinski definition) is 4. The summed E-state index contributed by atoms with van der Waals surface area (Å²) in [5.74, 6) is 0.580. The van der Waals surface area contributed by atoms with E-state index in [0.717, 1.165) is 39.1 Å². The lowest BCUT2D eigenvalue weighted by Gasteiger charge is -2.48. The zero-order valence-electron chi connectivity index (χ0n) is 10.4. The van der Waals surface area contributed by atoms with E-state index < -0.39 is 0 Å². The molecule has 17 heavy (non-hydrogen) atoms. The van der Waals surface area contributed by atoms with Crippen molar-refractivity contribution in [1.82, 2.24) is 0 Å². The van der Waals surface area contributed by atoms with Crippen molar-refractivity contribution >= 4 is 0 Å². The minimum absolute atomic E-state index is 0.0646. The highest BCUT2D eigenvalue weighted by molar-refractivity contribution is 4.96. The molecule has 4 heteroatoms. The van der Waals surface area contributed by atoms with Gasteiger partial charge in [-0.2, -0.15) is 0 Å². The summed E-state index contributed by atoms with van der Waals surface area (Å²) in [6.45, 7) is 2.31. The van der Waals surface area contributed by atoms with Gasteiger partial charge in [0.05, 0.1) is 18.8 Å². The number of hydrogen-bond donors (Lipinski definition) is 1. The molecule has 0 aromatic heterocycles. The Bertz CT molecular complexity index is 261. The van der Waals surface area contributed by atoms with Crippen molar-refractivity contribution in [1.29, 1.82) is 0 Å². The standard InChI is InChI=1S/C13H23NO3/c14-11(8-12-15-6-7-16-12)10-2-5-17-13(9-10)3-1-4-13/h10-12H,1-9,14H2. The average Bonchev–Trinajstić information content (AvgIpc) is 2.80. The lowest BCUT2D eigenvalue weighted by Crippen LogP contribution is -2.49. The molecule has 3 aliphatic rings. The first-order chi connectivity index (χ1) is 8.27. The van der Waals surface area contributed by atoms with E-state index in [0.29, 0.717) is 5.92 Å². The van der Waals surface area contributed by atoms with Gasteiger partial charge in [0.15, 0.2) is 6.29 Å². The van der Waals surface area contributed by atoms with Crippen molar-refractivity contribution in [3.63, 3.8) is 0 Å². The highest BCUT2D eigenvalue weighted by Gasteiger charge is 2.44. The maximum atomic E-state index is 6.31. The van der Waals surface area contributed by atoms with Gasteiger partial charge in [-0.25, -0.2) is 0 Å².